The summed E-state index contributed by atoms with van der Waals surface area (Å²) in [4.78, 5) is 2.37. The van der Waals surface area contributed by atoms with Crippen LogP contribution in [0, 0.1) is 0 Å². The van der Waals surface area contributed by atoms with Crippen molar-refractivity contribution in [3.8, 4) is 0 Å². The van der Waals surface area contributed by atoms with Crippen LogP contribution in [0.25, 0.3) is 0 Å². The van der Waals surface area contributed by atoms with E-state index in [4.69, 9.17) is 0 Å². The Kier molecular flexibility index (Phi) is 3.50. The molecule has 0 bridgehead atoms. The lowest BCUT2D eigenvalue weighted by Gasteiger charge is -2.28. The third-order valence-corrected chi connectivity index (χ3v) is 3.71. The SMILES string of the molecule is CC(C)N(CCC1NCCC1(F)F)C1CC1. The molecule has 0 amide bonds. The molecule has 1 heterocycles. The van der Waals surface area contributed by atoms with Crippen LogP contribution in [0.4, 0.5) is 8.78 Å². The third-order valence-electron chi connectivity index (χ3n) is 3.71. The molecule has 1 saturated carbocycles. The molecule has 1 aliphatic heterocycles. The van der Waals surface area contributed by atoms with Crippen LogP contribution in [0.15, 0.2) is 0 Å². The molecular weight excluding hydrogens is 210 g/mol. The van der Waals surface area contributed by atoms with Gasteiger partial charge >= 0.3 is 0 Å². The predicted molar refractivity (Wildman–Crippen MR) is 60.8 cm³/mol. The standard InChI is InChI=1S/C12H22F2N2/c1-9(2)16(10-3-4-10)8-5-11-12(13,14)6-7-15-11/h9-11,15H,3-8H2,1-2H3. The second kappa shape index (κ2) is 4.57. The molecule has 0 aromatic carbocycles. The van der Waals surface area contributed by atoms with Gasteiger partial charge in [0, 0.05) is 31.6 Å². The second-order valence-electron chi connectivity index (χ2n) is 5.37. The van der Waals surface area contributed by atoms with Crippen LogP contribution in [0.2, 0.25) is 0 Å². The number of halogens is 2. The first-order chi connectivity index (χ1) is 7.50. The van der Waals surface area contributed by atoms with Crippen LogP contribution in [0.5, 0.6) is 0 Å². The molecule has 94 valence electrons. The molecule has 1 unspecified atom stereocenters. The summed E-state index contributed by atoms with van der Waals surface area (Å²) >= 11 is 0. The maximum atomic E-state index is 13.4. The average molecular weight is 232 g/mol. The Bertz CT molecular complexity index is 235. The number of hydrogen-bond donors (Lipinski definition) is 1. The zero-order chi connectivity index (χ0) is 11.8. The Morgan fingerprint density at radius 2 is 2.06 bits per heavy atom. The Morgan fingerprint density at radius 1 is 1.38 bits per heavy atom. The van der Waals surface area contributed by atoms with Crippen molar-refractivity contribution in [1.29, 1.82) is 0 Å². The molecular formula is C12H22F2N2. The minimum absolute atomic E-state index is 0.00275. The molecule has 1 N–H and O–H groups in total. The molecule has 0 radical (unpaired) electrons. The van der Waals surface area contributed by atoms with Gasteiger partial charge in [0.2, 0.25) is 0 Å². The number of nitrogens with one attached hydrogen (secondary N) is 1. The number of hydrogen-bond acceptors (Lipinski definition) is 2. The molecule has 4 heteroatoms. The van der Waals surface area contributed by atoms with Gasteiger partial charge in [0.1, 0.15) is 0 Å². The van der Waals surface area contributed by atoms with E-state index in [9.17, 15) is 8.78 Å². The van der Waals surface area contributed by atoms with Crippen molar-refractivity contribution in [2.24, 2.45) is 0 Å². The summed E-state index contributed by atoms with van der Waals surface area (Å²) < 4.78 is 26.8. The van der Waals surface area contributed by atoms with E-state index in [0.29, 0.717) is 25.0 Å². The predicted octanol–water partition coefficient (Wildman–Crippen LogP) is 2.25. The van der Waals surface area contributed by atoms with Crippen molar-refractivity contribution in [1.82, 2.24) is 10.2 Å². The molecule has 0 spiro atoms. The van der Waals surface area contributed by atoms with Crippen molar-refractivity contribution in [2.75, 3.05) is 13.1 Å². The van der Waals surface area contributed by atoms with Crippen LogP contribution >= 0.6 is 0 Å². The molecule has 0 aromatic heterocycles. The van der Waals surface area contributed by atoms with Crippen LogP contribution in [-0.2, 0) is 0 Å². The van der Waals surface area contributed by atoms with E-state index in [-0.39, 0.29) is 6.42 Å². The van der Waals surface area contributed by atoms with Gasteiger partial charge in [-0.2, -0.15) is 0 Å². The van der Waals surface area contributed by atoms with Crippen molar-refractivity contribution in [2.45, 2.75) is 63.6 Å². The summed E-state index contributed by atoms with van der Waals surface area (Å²) in [5, 5.41) is 2.92. The Labute approximate surface area is 96.4 Å². The summed E-state index contributed by atoms with van der Waals surface area (Å²) in [7, 11) is 0. The molecule has 0 aromatic rings. The minimum Gasteiger partial charge on any atom is -0.308 e. The molecule has 2 nitrogen and oxygen atoms in total. The van der Waals surface area contributed by atoms with Gasteiger partial charge in [-0.3, -0.25) is 4.90 Å². The monoisotopic (exact) mass is 232 g/mol. The Balaban J connectivity index is 1.81. The fourth-order valence-electron chi connectivity index (χ4n) is 2.60. The first-order valence-electron chi connectivity index (χ1n) is 6.37. The van der Waals surface area contributed by atoms with Gasteiger partial charge in [-0.1, -0.05) is 0 Å². The zero-order valence-corrected chi connectivity index (χ0v) is 10.2. The molecule has 2 fully saturated rings. The van der Waals surface area contributed by atoms with E-state index in [1.54, 1.807) is 0 Å². The topological polar surface area (TPSA) is 15.3 Å². The zero-order valence-electron chi connectivity index (χ0n) is 10.2. The second-order valence-corrected chi connectivity index (χ2v) is 5.37. The quantitative estimate of drug-likeness (QED) is 0.782. The fourth-order valence-corrected chi connectivity index (χ4v) is 2.60. The van der Waals surface area contributed by atoms with Crippen molar-refractivity contribution in [3.63, 3.8) is 0 Å². The first kappa shape index (κ1) is 12.2. The minimum atomic E-state index is -2.49. The lowest BCUT2D eigenvalue weighted by atomic mass is 10.1. The van der Waals surface area contributed by atoms with Gasteiger partial charge in [-0.25, -0.2) is 8.78 Å². The highest BCUT2D eigenvalue weighted by atomic mass is 19.3. The van der Waals surface area contributed by atoms with Gasteiger partial charge in [0.05, 0.1) is 6.04 Å². The highest BCUT2D eigenvalue weighted by Crippen LogP contribution is 2.32. The van der Waals surface area contributed by atoms with Gasteiger partial charge < -0.3 is 5.32 Å². The lowest BCUT2D eigenvalue weighted by molar-refractivity contribution is -0.0165. The largest absolute Gasteiger partial charge is 0.308 e. The Morgan fingerprint density at radius 3 is 2.50 bits per heavy atom. The van der Waals surface area contributed by atoms with E-state index < -0.39 is 12.0 Å². The van der Waals surface area contributed by atoms with E-state index in [1.807, 2.05) is 0 Å². The van der Waals surface area contributed by atoms with E-state index in [0.717, 1.165) is 6.54 Å². The average Bonchev–Trinajstić information content (AvgIpc) is 2.93. The number of alkyl halides is 2. The van der Waals surface area contributed by atoms with Gasteiger partial charge in [-0.05, 0) is 33.1 Å². The normalized spacial score (nSPS) is 29.2. The maximum Gasteiger partial charge on any atom is 0.264 e. The Hall–Kier alpha value is -0.220. The van der Waals surface area contributed by atoms with Crippen LogP contribution in [0.1, 0.15) is 39.5 Å². The first-order valence-corrected chi connectivity index (χ1v) is 6.37. The third kappa shape index (κ3) is 2.72. The summed E-state index contributed by atoms with van der Waals surface area (Å²) in [6.45, 7) is 5.56. The van der Waals surface area contributed by atoms with E-state index in [1.165, 1.54) is 12.8 Å². The van der Waals surface area contributed by atoms with Gasteiger partial charge in [0.25, 0.3) is 5.92 Å². The lowest BCUT2D eigenvalue weighted by Crippen LogP contribution is -2.41. The molecule has 2 rings (SSSR count). The van der Waals surface area contributed by atoms with Crippen molar-refractivity contribution < 1.29 is 8.78 Å². The van der Waals surface area contributed by atoms with Crippen LogP contribution in [0.3, 0.4) is 0 Å². The fraction of sp³-hybridized carbons (Fsp3) is 1.00. The van der Waals surface area contributed by atoms with Crippen molar-refractivity contribution >= 4 is 0 Å². The van der Waals surface area contributed by atoms with Gasteiger partial charge in [-0.15, -0.1) is 0 Å². The van der Waals surface area contributed by atoms with Crippen LogP contribution in [-0.4, -0.2) is 42.0 Å². The smallest absolute Gasteiger partial charge is 0.264 e. The highest BCUT2D eigenvalue weighted by Gasteiger charge is 2.43. The molecule has 1 saturated heterocycles. The number of rotatable bonds is 5. The molecule has 16 heavy (non-hydrogen) atoms. The summed E-state index contributed by atoms with van der Waals surface area (Å²) in [5.41, 5.74) is 0. The summed E-state index contributed by atoms with van der Waals surface area (Å²) in [6, 6.07) is 0.532. The number of nitrogens with zero attached hydrogens (tertiary/aromatic N) is 1. The molecule has 2 aliphatic rings. The summed E-state index contributed by atoms with van der Waals surface area (Å²) in [6.07, 6.45) is 3.06. The molecule has 1 atom stereocenters. The van der Waals surface area contributed by atoms with E-state index in [2.05, 4.69) is 24.1 Å². The molecule has 1 aliphatic carbocycles. The maximum absolute atomic E-state index is 13.4. The highest BCUT2D eigenvalue weighted by molar-refractivity contribution is 4.93. The van der Waals surface area contributed by atoms with E-state index >= 15 is 0 Å². The van der Waals surface area contributed by atoms with Crippen molar-refractivity contribution in [3.05, 3.63) is 0 Å². The van der Waals surface area contributed by atoms with Crippen LogP contribution < -0.4 is 5.32 Å². The summed E-state index contributed by atoms with van der Waals surface area (Å²) in [5.74, 6) is -2.49. The van der Waals surface area contributed by atoms with Gasteiger partial charge in [0.15, 0.2) is 0 Å².